The minimum Gasteiger partial charge on any atom is -0.318 e. The Labute approximate surface area is 199 Å². The summed E-state index contributed by atoms with van der Waals surface area (Å²) >= 11 is 1.44. The fourth-order valence-corrected chi connectivity index (χ4v) is 4.77. The molecule has 0 bridgehead atoms. The Balaban J connectivity index is 1.48. The van der Waals surface area contributed by atoms with Crippen LogP contribution in [0, 0.1) is 0 Å². The van der Waals surface area contributed by atoms with Gasteiger partial charge in [-0.15, -0.1) is 11.3 Å². The fraction of sp³-hybridized carbons (Fsp3) is 0.120. The lowest BCUT2D eigenvalue weighted by Gasteiger charge is -2.25. The number of aromatic nitrogens is 2. The molecule has 1 fully saturated rings. The van der Waals surface area contributed by atoms with E-state index >= 15 is 0 Å². The summed E-state index contributed by atoms with van der Waals surface area (Å²) in [5.41, 5.74) is 3.42. The number of carbonyl (C=O) groups is 3. The summed E-state index contributed by atoms with van der Waals surface area (Å²) in [6.07, 6.45) is 1.93. The summed E-state index contributed by atoms with van der Waals surface area (Å²) < 4.78 is 1.61. The molecule has 2 N–H and O–H groups in total. The van der Waals surface area contributed by atoms with Crippen LogP contribution in [0.4, 0.5) is 4.79 Å². The summed E-state index contributed by atoms with van der Waals surface area (Å²) in [6, 6.07) is 21.5. The summed E-state index contributed by atoms with van der Waals surface area (Å²) in [5, 5.41) is 10.0. The molecule has 3 heterocycles. The third kappa shape index (κ3) is 3.56. The maximum absolute atomic E-state index is 13.4. The second-order valence-electron chi connectivity index (χ2n) is 7.79. The lowest BCUT2D eigenvalue weighted by molar-refractivity contribution is -0.133. The molecule has 170 valence electrons. The van der Waals surface area contributed by atoms with Crippen molar-refractivity contribution >= 4 is 29.2 Å². The van der Waals surface area contributed by atoms with Crippen LogP contribution < -0.4 is 10.7 Å². The topological polar surface area (TPSA) is 96.3 Å². The van der Waals surface area contributed by atoms with Gasteiger partial charge in [0.2, 0.25) is 0 Å². The highest BCUT2D eigenvalue weighted by molar-refractivity contribution is 7.13. The lowest BCUT2D eigenvalue weighted by atomic mass is 9.87. The van der Waals surface area contributed by atoms with Crippen LogP contribution in [0.3, 0.4) is 0 Å². The quantitative estimate of drug-likeness (QED) is 0.414. The maximum Gasteiger partial charge on any atom is 0.344 e. The first-order chi connectivity index (χ1) is 16.5. The fourth-order valence-electron chi connectivity index (χ4n) is 4.05. The van der Waals surface area contributed by atoms with Crippen molar-refractivity contribution in [2.24, 2.45) is 0 Å². The number of amides is 4. The van der Waals surface area contributed by atoms with E-state index in [2.05, 4.69) is 15.8 Å². The molecule has 0 saturated carbocycles. The summed E-state index contributed by atoms with van der Waals surface area (Å²) in [6.45, 7) is 1.81. The van der Waals surface area contributed by atoms with E-state index in [0.29, 0.717) is 17.7 Å². The summed E-state index contributed by atoms with van der Waals surface area (Å²) in [7, 11) is 0. The molecule has 1 unspecified atom stereocenters. The van der Waals surface area contributed by atoms with E-state index in [0.717, 1.165) is 15.6 Å². The molecule has 4 amide bonds. The Morgan fingerprint density at radius 1 is 1.03 bits per heavy atom. The van der Waals surface area contributed by atoms with Crippen LogP contribution in [0.5, 0.6) is 0 Å². The molecule has 1 atom stereocenters. The number of imide groups is 1. The molecular weight excluding hydrogens is 450 g/mol. The number of para-hydroxylation sites is 1. The zero-order valence-corrected chi connectivity index (χ0v) is 19.1. The SMILES string of the molecule is CCC1(c2ccccc2)NC(=O)N(NC(=O)c2cn(-c3ccccc3)nc2-c2cccs2)C1=O. The molecule has 5 rings (SSSR count). The summed E-state index contributed by atoms with van der Waals surface area (Å²) in [4.78, 5) is 40.3. The summed E-state index contributed by atoms with van der Waals surface area (Å²) in [5.74, 6) is -1.14. The van der Waals surface area contributed by atoms with Gasteiger partial charge >= 0.3 is 6.03 Å². The van der Waals surface area contributed by atoms with Crippen LogP contribution in [-0.4, -0.2) is 32.6 Å². The normalized spacial score (nSPS) is 17.6. The number of hydrogen-bond acceptors (Lipinski definition) is 5. The van der Waals surface area contributed by atoms with Gasteiger partial charge < -0.3 is 5.32 Å². The average Bonchev–Trinajstić information content (AvgIpc) is 3.61. The van der Waals surface area contributed by atoms with E-state index in [1.807, 2.05) is 60.8 Å². The third-order valence-corrected chi connectivity index (χ3v) is 6.71. The van der Waals surface area contributed by atoms with Gasteiger partial charge in [0.05, 0.1) is 16.1 Å². The molecule has 1 saturated heterocycles. The van der Waals surface area contributed by atoms with Gasteiger partial charge in [-0.05, 0) is 35.6 Å². The van der Waals surface area contributed by atoms with Gasteiger partial charge in [-0.1, -0.05) is 61.5 Å². The molecule has 2 aromatic carbocycles. The van der Waals surface area contributed by atoms with Gasteiger partial charge in [-0.2, -0.15) is 10.1 Å². The van der Waals surface area contributed by atoms with Gasteiger partial charge in [-0.3, -0.25) is 15.0 Å². The van der Waals surface area contributed by atoms with Crippen molar-refractivity contribution in [3.05, 3.63) is 95.5 Å². The monoisotopic (exact) mass is 471 g/mol. The molecular formula is C25H21N5O3S. The van der Waals surface area contributed by atoms with E-state index in [1.54, 1.807) is 35.1 Å². The lowest BCUT2D eigenvalue weighted by Crippen LogP contribution is -2.48. The predicted octanol–water partition coefficient (Wildman–Crippen LogP) is 4.10. The van der Waals surface area contributed by atoms with E-state index in [4.69, 9.17) is 0 Å². The third-order valence-electron chi connectivity index (χ3n) is 5.84. The van der Waals surface area contributed by atoms with Crippen LogP contribution in [0.25, 0.3) is 16.3 Å². The molecule has 0 aliphatic carbocycles. The minimum atomic E-state index is -1.24. The second-order valence-corrected chi connectivity index (χ2v) is 8.73. The highest BCUT2D eigenvalue weighted by Gasteiger charge is 2.52. The molecule has 1 aliphatic heterocycles. The smallest absolute Gasteiger partial charge is 0.318 e. The number of carbonyl (C=O) groups excluding carboxylic acids is 3. The molecule has 1 aliphatic rings. The number of hydrazine groups is 1. The Kier molecular flexibility index (Phi) is 5.46. The largest absolute Gasteiger partial charge is 0.344 e. The van der Waals surface area contributed by atoms with Gasteiger partial charge in [0.25, 0.3) is 11.8 Å². The maximum atomic E-state index is 13.4. The number of urea groups is 1. The second kappa shape index (κ2) is 8.60. The number of hydrogen-bond donors (Lipinski definition) is 2. The molecule has 8 nitrogen and oxygen atoms in total. The molecule has 2 aromatic heterocycles. The molecule has 0 spiro atoms. The number of rotatable bonds is 6. The van der Waals surface area contributed by atoms with Crippen LogP contribution in [-0.2, 0) is 10.3 Å². The highest BCUT2D eigenvalue weighted by Crippen LogP contribution is 2.32. The van der Waals surface area contributed by atoms with Crippen molar-refractivity contribution in [3.63, 3.8) is 0 Å². The predicted molar refractivity (Wildman–Crippen MR) is 128 cm³/mol. The van der Waals surface area contributed by atoms with Crippen molar-refractivity contribution in [2.75, 3.05) is 0 Å². The van der Waals surface area contributed by atoms with Crippen molar-refractivity contribution in [3.8, 4) is 16.3 Å². The van der Waals surface area contributed by atoms with Crippen molar-refractivity contribution in [2.45, 2.75) is 18.9 Å². The van der Waals surface area contributed by atoms with Crippen molar-refractivity contribution in [1.82, 2.24) is 25.5 Å². The zero-order chi connectivity index (χ0) is 23.7. The molecule has 0 radical (unpaired) electrons. The minimum absolute atomic E-state index is 0.251. The van der Waals surface area contributed by atoms with E-state index in [1.165, 1.54) is 11.3 Å². The van der Waals surface area contributed by atoms with Crippen LogP contribution in [0.2, 0.25) is 0 Å². The first-order valence-electron chi connectivity index (χ1n) is 10.8. The zero-order valence-electron chi connectivity index (χ0n) is 18.3. The number of nitrogens with zero attached hydrogens (tertiary/aromatic N) is 3. The van der Waals surface area contributed by atoms with Crippen LogP contribution >= 0.6 is 11.3 Å². The Morgan fingerprint density at radius 2 is 1.74 bits per heavy atom. The van der Waals surface area contributed by atoms with Gasteiger partial charge in [0.15, 0.2) is 0 Å². The van der Waals surface area contributed by atoms with Crippen LogP contribution in [0.1, 0.15) is 29.3 Å². The van der Waals surface area contributed by atoms with Gasteiger partial charge in [-0.25, -0.2) is 9.48 Å². The Bertz CT molecular complexity index is 1350. The molecule has 4 aromatic rings. The van der Waals surface area contributed by atoms with Crippen molar-refractivity contribution < 1.29 is 14.4 Å². The van der Waals surface area contributed by atoms with Gasteiger partial charge in [0, 0.05) is 6.20 Å². The van der Waals surface area contributed by atoms with Gasteiger partial charge in [0.1, 0.15) is 11.2 Å². The Morgan fingerprint density at radius 3 is 2.38 bits per heavy atom. The van der Waals surface area contributed by atoms with E-state index in [-0.39, 0.29) is 5.56 Å². The Hall–Kier alpha value is -4.24. The highest BCUT2D eigenvalue weighted by atomic mass is 32.1. The van der Waals surface area contributed by atoms with Crippen molar-refractivity contribution in [1.29, 1.82) is 0 Å². The number of nitrogens with one attached hydrogen (secondary N) is 2. The number of thiophene rings is 1. The number of benzene rings is 2. The molecule has 9 heteroatoms. The standard InChI is InChI=1S/C25H21N5O3S/c1-2-25(17-10-5-3-6-11-17)23(32)30(24(33)26-25)28-22(31)19-16-29(18-12-7-4-8-13-18)27-21(19)20-14-9-15-34-20/h3-16H,2H2,1H3,(H,26,33)(H,28,31). The van der Waals surface area contributed by atoms with Crippen LogP contribution in [0.15, 0.2) is 84.4 Å². The average molecular weight is 472 g/mol. The van der Waals surface area contributed by atoms with E-state index < -0.39 is 23.4 Å². The first kappa shape index (κ1) is 21.6. The molecule has 34 heavy (non-hydrogen) atoms. The van der Waals surface area contributed by atoms with E-state index in [9.17, 15) is 14.4 Å². The first-order valence-corrected chi connectivity index (χ1v) is 11.6.